The van der Waals surface area contributed by atoms with Crippen LogP contribution in [-0.2, 0) is 4.79 Å². The number of nitrogens with one attached hydrogen (secondary N) is 2. The molecule has 3 saturated carbocycles. The van der Waals surface area contributed by atoms with Gasteiger partial charge in [-0.25, -0.2) is 4.79 Å². The van der Waals surface area contributed by atoms with E-state index < -0.39 is 0 Å². The second kappa shape index (κ2) is 8.86. The number of amides is 2. The Kier molecular flexibility index (Phi) is 6.02. The molecule has 5 aliphatic rings. The normalized spacial score (nSPS) is 39.7. The first kappa shape index (κ1) is 27.9. The molecule has 5 N–H and O–H groups in total. The Bertz CT molecular complexity index is 1480. The number of para-hydroxylation sites is 2. The van der Waals surface area contributed by atoms with Gasteiger partial charge in [0.2, 0.25) is 5.78 Å². The number of aliphatic hydroxyl groups is 1. The van der Waals surface area contributed by atoms with Crippen LogP contribution in [0.3, 0.4) is 0 Å². The van der Waals surface area contributed by atoms with Gasteiger partial charge in [-0.1, -0.05) is 57.6 Å². The van der Waals surface area contributed by atoms with E-state index in [2.05, 4.69) is 57.4 Å². The summed E-state index contributed by atoms with van der Waals surface area (Å²) in [6.45, 7) is 13.8. The Morgan fingerprint density at radius 3 is 2.41 bits per heavy atom. The summed E-state index contributed by atoms with van der Waals surface area (Å²) in [6.07, 6.45) is 13.4. The number of allylic oxidation sites excluding steroid dienone is 7. The molecule has 0 saturated heterocycles. The highest BCUT2D eigenvalue weighted by molar-refractivity contribution is 6.06. The smallest absolute Gasteiger partial charge is 0.319 e. The van der Waals surface area contributed by atoms with Gasteiger partial charge in [0.1, 0.15) is 0 Å². The lowest BCUT2D eigenvalue weighted by Crippen LogP contribution is -2.64. The van der Waals surface area contributed by atoms with Gasteiger partial charge in [0.05, 0.1) is 11.4 Å². The zero-order chi connectivity index (χ0) is 29.6. The number of benzene rings is 1. The van der Waals surface area contributed by atoms with Crippen molar-refractivity contribution in [3.63, 3.8) is 0 Å². The molecule has 6 heteroatoms. The fraction of sp³-hybridized carbons (Fsp3) is 0.543. The Balaban J connectivity index is 1.33. The molecule has 0 spiro atoms. The first-order chi connectivity index (χ1) is 19.2. The minimum atomic E-state index is -0.328. The number of hydrogen-bond donors (Lipinski definition) is 4. The Morgan fingerprint density at radius 1 is 0.976 bits per heavy atom. The number of fused-ring (bicyclic) bond motifs is 7. The Hall–Kier alpha value is -3.28. The molecule has 3 fully saturated rings. The van der Waals surface area contributed by atoms with Crippen molar-refractivity contribution in [3.05, 3.63) is 70.5 Å². The number of nitrogens with two attached hydrogens (primary N) is 1. The standard InChI is InChI=1S/C35H45N3O3/c1-21-22-11-12-27-33(4,23(22)19-26(39)29(21)40)16-18-35(6)28-20-32(3,15-13-31(28,2)14-17-34(27,35)5)38-30(41)37-25-10-8-7-9-24(25)36/h7-12,19,28,40H,13-18,20,36H2,1-6H3,(H2,37,38,41)/t28-,31-,32-,33+,34-,35+/m1/s1. The summed E-state index contributed by atoms with van der Waals surface area (Å²) in [5.74, 6) is 0.0169. The van der Waals surface area contributed by atoms with Crippen molar-refractivity contribution >= 4 is 23.2 Å². The van der Waals surface area contributed by atoms with Gasteiger partial charge in [0.25, 0.3) is 0 Å². The molecule has 6 rings (SSSR count). The van der Waals surface area contributed by atoms with Crippen LogP contribution in [0.2, 0.25) is 0 Å². The van der Waals surface area contributed by atoms with Gasteiger partial charge in [-0.2, -0.15) is 0 Å². The molecule has 0 bridgehead atoms. The van der Waals surface area contributed by atoms with Crippen molar-refractivity contribution in [2.45, 2.75) is 92.0 Å². The quantitative estimate of drug-likeness (QED) is 0.280. The summed E-state index contributed by atoms with van der Waals surface area (Å²) >= 11 is 0. The molecule has 41 heavy (non-hydrogen) atoms. The van der Waals surface area contributed by atoms with E-state index in [9.17, 15) is 14.7 Å². The maximum atomic E-state index is 13.2. The lowest BCUT2D eigenvalue weighted by atomic mass is 9.35. The van der Waals surface area contributed by atoms with Gasteiger partial charge in [-0.15, -0.1) is 0 Å². The van der Waals surface area contributed by atoms with Crippen LogP contribution in [0.25, 0.3) is 0 Å². The summed E-state index contributed by atoms with van der Waals surface area (Å²) in [6, 6.07) is 7.15. The molecule has 1 aromatic carbocycles. The van der Waals surface area contributed by atoms with Crippen molar-refractivity contribution in [2.24, 2.45) is 27.6 Å². The molecule has 0 aliphatic heterocycles. The largest absolute Gasteiger partial charge is 0.504 e. The van der Waals surface area contributed by atoms with Gasteiger partial charge in [-0.3, -0.25) is 4.79 Å². The molecule has 1 aromatic rings. The average Bonchev–Trinajstić information content (AvgIpc) is 2.91. The highest BCUT2D eigenvalue weighted by Gasteiger charge is 2.66. The molecular weight excluding hydrogens is 510 g/mol. The molecule has 2 amide bonds. The van der Waals surface area contributed by atoms with E-state index in [1.807, 2.05) is 25.1 Å². The Labute approximate surface area is 244 Å². The van der Waals surface area contributed by atoms with Crippen LogP contribution in [0, 0.1) is 27.6 Å². The summed E-state index contributed by atoms with van der Waals surface area (Å²) < 4.78 is 0. The number of nitrogen functional groups attached to an aromatic ring is 1. The summed E-state index contributed by atoms with van der Waals surface area (Å²) in [7, 11) is 0. The van der Waals surface area contributed by atoms with E-state index in [-0.39, 0.29) is 44.8 Å². The first-order valence-corrected chi connectivity index (χ1v) is 15.2. The molecule has 0 heterocycles. The first-order valence-electron chi connectivity index (χ1n) is 15.2. The average molecular weight is 556 g/mol. The summed E-state index contributed by atoms with van der Waals surface area (Å²) in [4.78, 5) is 25.9. The number of carbonyl (C=O) groups excluding carboxylic acids is 2. The number of rotatable bonds is 2. The number of urea groups is 1. The molecule has 6 nitrogen and oxygen atoms in total. The lowest BCUT2D eigenvalue weighted by molar-refractivity contribution is -0.152. The van der Waals surface area contributed by atoms with Crippen molar-refractivity contribution in [2.75, 3.05) is 11.1 Å². The molecular formula is C35H45N3O3. The number of ketones is 1. The highest BCUT2D eigenvalue weighted by atomic mass is 16.3. The second-order valence-corrected chi connectivity index (χ2v) is 14.8. The van der Waals surface area contributed by atoms with Crippen LogP contribution >= 0.6 is 0 Å². The number of hydrogen-bond acceptors (Lipinski definition) is 4. The lowest BCUT2D eigenvalue weighted by Gasteiger charge is -2.70. The predicted octanol–water partition coefficient (Wildman–Crippen LogP) is 7.77. The Morgan fingerprint density at radius 2 is 1.68 bits per heavy atom. The zero-order valence-electron chi connectivity index (χ0n) is 25.4. The number of anilines is 2. The van der Waals surface area contributed by atoms with E-state index in [1.54, 1.807) is 12.1 Å². The number of carbonyl (C=O) groups is 2. The van der Waals surface area contributed by atoms with Crippen molar-refractivity contribution < 1.29 is 14.7 Å². The van der Waals surface area contributed by atoms with Crippen molar-refractivity contribution in [1.29, 1.82) is 0 Å². The molecule has 0 unspecified atom stereocenters. The fourth-order valence-corrected chi connectivity index (χ4v) is 9.61. The third-order valence-electron chi connectivity index (χ3n) is 12.5. The second-order valence-electron chi connectivity index (χ2n) is 14.8. The summed E-state index contributed by atoms with van der Waals surface area (Å²) in [5.41, 5.74) is 11.1. The van der Waals surface area contributed by atoms with Crippen LogP contribution in [0.5, 0.6) is 0 Å². The van der Waals surface area contributed by atoms with Crippen LogP contribution in [0.15, 0.2) is 70.5 Å². The van der Waals surface area contributed by atoms with E-state index in [1.165, 1.54) is 5.57 Å². The van der Waals surface area contributed by atoms with Gasteiger partial charge in [0.15, 0.2) is 5.76 Å². The van der Waals surface area contributed by atoms with Gasteiger partial charge in [-0.05, 0) is 110 Å². The van der Waals surface area contributed by atoms with Crippen LogP contribution < -0.4 is 16.4 Å². The maximum absolute atomic E-state index is 13.2. The van der Waals surface area contributed by atoms with Gasteiger partial charge >= 0.3 is 6.03 Å². The topological polar surface area (TPSA) is 104 Å². The monoisotopic (exact) mass is 555 g/mol. The van der Waals surface area contributed by atoms with E-state index in [4.69, 9.17) is 5.73 Å². The van der Waals surface area contributed by atoms with Gasteiger partial charge < -0.3 is 21.5 Å². The third-order valence-corrected chi connectivity index (χ3v) is 12.5. The minimum absolute atomic E-state index is 0.0344. The SMILES string of the molecule is CC1=C(O)C(=O)C=C2C1=CC=C1[C@@]2(C)CC[C@@]2(C)[C@@H]3C[C@](C)(NC(=O)Nc4ccccc4N)CC[C@]3(C)CC[C@]12C. The zero-order valence-corrected chi connectivity index (χ0v) is 25.4. The molecule has 0 radical (unpaired) electrons. The molecule has 218 valence electrons. The van der Waals surface area contributed by atoms with Crippen LogP contribution in [-0.4, -0.2) is 22.5 Å². The minimum Gasteiger partial charge on any atom is -0.504 e. The van der Waals surface area contributed by atoms with E-state index in [0.29, 0.717) is 22.9 Å². The maximum Gasteiger partial charge on any atom is 0.319 e. The molecule has 5 aliphatic carbocycles. The third kappa shape index (κ3) is 3.89. The predicted molar refractivity (Wildman–Crippen MR) is 164 cm³/mol. The number of aliphatic hydroxyl groups excluding tert-OH is 1. The van der Waals surface area contributed by atoms with E-state index >= 15 is 0 Å². The van der Waals surface area contributed by atoms with Gasteiger partial charge in [0, 0.05) is 16.5 Å². The van der Waals surface area contributed by atoms with Crippen molar-refractivity contribution in [3.8, 4) is 0 Å². The fourth-order valence-electron chi connectivity index (χ4n) is 9.61. The highest BCUT2D eigenvalue weighted by Crippen LogP contribution is 2.75. The van der Waals surface area contributed by atoms with Crippen LogP contribution in [0.4, 0.5) is 16.2 Å². The molecule has 0 aromatic heterocycles. The van der Waals surface area contributed by atoms with Crippen LogP contribution in [0.1, 0.15) is 86.5 Å². The van der Waals surface area contributed by atoms with Crippen molar-refractivity contribution in [1.82, 2.24) is 5.32 Å². The summed E-state index contributed by atoms with van der Waals surface area (Å²) in [5, 5.41) is 16.7. The molecule has 6 atom stereocenters. The van der Waals surface area contributed by atoms with E-state index in [0.717, 1.165) is 56.1 Å².